The van der Waals surface area contributed by atoms with E-state index in [2.05, 4.69) is 20.8 Å². The highest BCUT2D eigenvalue weighted by atomic mass is 16.2. The summed E-state index contributed by atoms with van der Waals surface area (Å²) >= 11 is 0. The summed E-state index contributed by atoms with van der Waals surface area (Å²) in [5.41, 5.74) is 2.55. The molecule has 1 fully saturated rings. The van der Waals surface area contributed by atoms with Crippen molar-refractivity contribution in [3.8, 4) is 0 Å². The minimum Gasteiger partial charge on any atom is -0.352 e. The molecule has 1 aromatic carbocycles. The number of carbonyl (C=O) groups excluding carboxylic acids is 2. The maximum absolute atomic E-state index is 12.7. The quantitative estimate of drug-likeness (QED) is 0.770. The number of rotatable bonds is 5. The lowest BCUT2D eigenvalue weighted by molar-refractivity contribution is 0.0955. The molecule has 2 aromatic rings. The van der Waals surface area contributed by atoms with Crippen LogP contribution in [-0.2, 0) is 6.54 Å². The third-order valence-electron chi connectivity index (χ3n) is 4.64. The van der Waals surface area contributed by atoms with Crippen molar-refractivity contribution in [2.45, 2.75) is 38.8 Å². The van der Waals surface area contributed by atoms with E-state index in [0.717, 1.165) is 36.9 Å². The number of hydrogen-bond donors (Lipinski definition) is 3. The summed E-state index contributed by atoms with van der Waals surface area (Å²) in [6.45, 7) is 3.60. The second kappa shape index (κ2) is 8.51. The number of nitrogens with zero attached hydrogens (tertiary/aromatic N) is 2. The van der Waals surface area contributed by atoms with E-state index in [4.69, 9.17) is 0 Å². The highest BCUT2D eigenvalue weighted by Crippen LogP contribution is 2.30. The van der Waals surface area contributed by atoms with Crippen LogP contribution in [0.3, 0.4) is 0 Å². The number of likely N-dealkylation sites (tertiary alicyclic amines) is 1. The van der Waals surface area contributed by atoms with Crippen molar-refractivity contribution < 1.29 is 9.59 Å². The fourth-order valence-electron chi connectivity index (χ4n) is 3.33. The van der Waals surface area contributed by atoms with Crippen molar-refractivity contribution in [2.24, 2.45) is 0 Å². The lowest BCUT2D eigenvalue weighted by atomic mass is 9.98. The first-order valence-electron chi connectivity index (χ1n) is 9.09. The monoisotopic (exact) mass is 355 g/mol. The maximum atomic E-state index is 12.7. The summed E-state index contributed by atoms with van der Waals surface area (Å²) in [5.74, 6) is -0.100. The molecule has 1 atom stereocenters. The van der Waals surface area contributed by atoms with Gasteiger partial charge in [-0.3, -0.25) is 9.89 Å². The number of urea groups is 1. The highest BCUT2D eigenvalue weighted by Gasteiger charge is 2.28. The molecular weight excluding hydrogens is 330 g/mol. The van der Waals surface area contributed by atoms with E-state index < -0.39 is 0 Å². The summed E-state index contributed by atoms with van der Waals surface area (Å²) in [5, 5.41) is 12.6. The number of nitrogens with one attached hydrogen (secondary N) is 3. The maximum Gasteiger partial charge on any atom is 0.318 e. The zero-order chi connectivity index (χ0) is 18.4. The predicted molar refractivity (Wildman–Crippen MR) is 98.6 cm³/mol. The van der Waals surface area contributed by atoms with E-state index in [-0.39, 0.29) is 18.0 Å². The molecule has 0 bridgehead atoms. The van der Waals surface area contributed by atoms with Gasteiger partial charge in [0, 0.05) is 37.0 Å². The Morgan fingerprint density at radius 2 is 2.19 bits per heavy atom. The molecule has 138 valence electrons. The van der Waals surface area contributed by atoms with Crippen molar-refractivity contribution >= 4 is 11.9 Å². The number of piperidine rings is 1. The average Bonchev–Trinajstić information content (AvgIpc) is 3.21. The van der Waals surface area contributed by atoms with Crippen molar-refractivity contribution in [1.29, 1.82) is 0 Å². The topological polar surface area (TPSA) is 90.1 Å². The van der Waals surface area contributed by atoms with Gasteiger partial charge in [-0.2, -0.15) is 5.10 Å². The van der Waals surface area contributed by atoms with Gasteiger partial charge in [0.2, 0.25) is 0 Å². The molecular formula is C19H25N5O2. The van der Waals surface area contributed by atoms with Crippen molar-refractivity contribution in [2.75, 3.05) is 13.1 Å². The molecule has 7 heteroatoms. The van der Waals surface area contributed by atoms with Crippen molar-refractivity contribution in [1.82, 2.24) is 25.7 Å². The summed E-state index contributed by atoms with van der Waals surface area (Å²) in [6.07, 6.45) is 6.69. The van der Waals surface area contributed by atoms with E-state index in [9.17, 15) is 9.59 Å². The number of carbonyl (C=O) groups is 2. The van der Waals surface area contributed by atoms with Gasteiger partial charge in [0.15, 0.2) is 0 Å². The molecule has 0 radical (unpaired) electrons. The SMILES string of the molecule is CCNC(=O)c1cccc(CNC(=O)N2CCCCC2c2cn[nH]c2)c1. The molecule has 1 aromatic heterocycles. The van der Waals surface area contributed by atoms with Gasteiger partial charge in [-0.25, -0.2) is 4.79 Å². The number of benzene rings is 1. The van der Waals surface area contributed by atoms with Crippen molar-refractivity contribution in [3.05, 3.63) is 53.3 Å². The molecule has 2 heterocycles. The van der Waals surface area contributed by atoms with Crippen LogP contribution in [0.2, 0.25) is 0 Å². The highest BCUT2D eigenvalue weighted by molar-refractivity contribution is 5.94. The van der Waals surface area contributed by atoms with Crippen LogP contribution < -0.4 is 10.6 Å². The van der Waals surface area contributed by atoms with Crippen LogP contribution in [0.5, 0.6) is 0 Å². The molecule has 0 saturated carbocycles. The second-order valence-electron chi connectivity index (χ2n) is 6.46. The van der Waals surface area contributed by atoms with Crippen LogP contribution >= 0.6 is 0 Å². The Kier molecular flexibility index (Phi) is 5.88. The molecule has 26 heavy (non-hydrogen) atoms. The van der Waals surface area contributed by atoms with Crippen LogP contribution in [0, 0.1) is 0 Å². The van der Waals surface area contributed by atoms with Crippen LogP contribution in [0.4, 0.5) is 4.79 Å². The molecule has 1 unspecified atom stereocenters. The zero-order valence-corrected chi connectivity index (χ0v) is 15.0. The fraction of sp³-hybridized carbons (Fsp3) is 0.421. The summed E-state index contributed by atoms with van der Waals surface area (Å²) in [7, 11) is 0. The average molecular weight is 355 g/mol. The molecule has 0 spiro atoms. The molecule has 1 aliphatic heterocycles. The minimum absolute atomic E-state index is 0.0594. The van der Waals surface area contributed by atoms with E-state index >= 15 is 0 Å². The molecule has 1 aliphatic rings. The van der Waals surface area contributed by atoms with Crippen LogP contribution in [0.25, 0.3) is 0 Å². The number of aromatic amines is 1. The summed E-state index contributed by atoms with van der Waals surface area (Å²) in [4.78, 5) is 26.5. The van der Waals surface area contributed by atoms with E-state index in [0.29, 0.717) is 18.7 Å². The van der Waals surface area contributed by atoms with Gasteiger partial charge < -0.3 is 15.5 Å². The van der Waals surface area contributed by atoms with Gasteiger partial charge >= 0.3 is 6.03 Å². The van der Waals surface area contributed by atoms with E-state index in [1.54, 1.807) is 12.3 Å². The third-order valence-corrected chi connectivity index (χ3v) is 4.64. The van der Waals surface area contributed by atoms with Gasteiger partial charge in [-0.05, 0) is 43.9 Å². The molecule has 3 N–H and O–H groups in total. The Balaban J connectivity index is 1.63. The largest absolute Gasteiger partial charge is 0.352 e. The summed E-state index contributed by atoms with van der Waals surface area (Å²) < 4.78 is 0. The Labute approximate surface area is 153 Å². The lowest BCUT2D eigenvalue weighted by Gasteiger charge is -2.35. The lowest BCUT2D eigenvalue weighted by Crippen LogP contribution is -2.44. The number of hydrogen-bond acceptors (Lipinski definition) is 3. The van der Waals surface area contributed by atoms with Crippen LogP contribution in [-0.4, -0.2) is 40.1 Å². The zero-order valence-electron chi connectivity index (χ0n) is 15.0. The van der Waals surface area contributed by atoms with Gasteiger partial charge in [-0.15, -0.1) is 0 Å². The van der Waals surface area contributed by atoms with E-state index in [1.165, 1.54) is 0 Å². The molecule has 3 amide bonds. The number of H-pyrrole nitrogens is 1. The van der Waals surface area contributed by atoms with Crippen LogP contribution in [0.1, 0.15) is 53.7 Å². The number of aromatic nitrogens is 2. The number of amides is 3. The molecule has 1 saturated heterocycles. The fourth-order valence-corrected chi connectivity index (χ4v) is 3.33. The normalized spacial score (nSPS) is 17.0. The first-order chi connectivity index (χ1) is 12.7. The first kappa shape index (κ1) is 18.0. The third kappa shape index (κ3) is 4.22. The van der Waals surface area contributed by atoms with E-state index in [1.807, 2.05) is 36.2 Å². The second-order valence-corrected chi connectivity index (χ2v) is 6.46. The van der Waals surface area contributed by atoms with Crippen molar-refractivity contribution in [3.63, 3.8) is 0 Å². The van der Waals surface area contributed by atoms with Crippen LogP contribution in [0.15, 0.2) is 36.7 Å². The Morgan fingerprint density at radius 1 is 1.31 bits per heavy atom. The Morgan fingerprint density at radius 3 is 2.96 bits per heavy atom. The smallest absolute Gasteiger partial charge is 0.318 e. The molecule has 3 rings (SSSR count). The standard InChI is InChI=1S/C19H25N5O2/c1-2-20-18(25)15-7-5-6-14(10-15)11-21-19(26)24-9-4-3-8-17(24)16-12-22-23-13-16/h5-7,10,12-13,17H,2-4,8-9,11H2,1H3,(H,20,25)(H,21,26)(H,22,23). The van der Waals surface area contributed by atoms with Gasteiger partial charge in [0.1, 0.15) is 0 Å². The molecule has 7 nitrogen and oxygen atoms in total. The Hall–Kier alpha value is -2.83. The molecule has 0 aliphatic carbocycles. The minimum atomic E-state index is -0.100. The van der Waals surface area contributed by atoms with Gasteiger partial charge in [0.25, 0.3) is 5.91 Å². The summed E-state index contributed by atoms with van der Waals surface area (Å²) in [6, 6.07) is 7.31. The Bertz CT molecular complexity index is 744. The first-order valence-corrected chi connectivity index (χ1v) is 9.09. The van der Waals surface area contributed by atoms with Gasteiger partial charge in [-0.1, -0.05) is 12.1 Å². The van der Waals surface area contributed by atoms with Gasteiger partial charge in [0.05, 0.1) is 12.2 Å². The predicted octanol–water partition coefficient (Wildman–Crippen LogP) is 2.60.